The summed E-state index contributed by atoms with van der Waals surface area (Å²) in [6, 6.07) is 5.04. The standard InChI is InChI=1S/C10H10F2N2/c1-10(2,6-13)14-9-4-7(11)3-8(12)5-9/h3-5,14H,1-2H3. The molecule has 0 aliphatic heterocycles. The molecule has 74 valence electrons. The van der Waals surface area contributed by atoms with Crippen LogP contribution < -0.4 is 5.32 Å². The van der Waals surface area contributed by atoms with Crippen LogP contribution in [0, 0.1) is 23.0 Å². The molecule has 0 saturated heterocycles. The number of halogens is 2. The minimum absolute atomic E-state index is 0.258. The topological polar surface area (TPSA) is 35.8 Å². The first-order chi connectivity index (χ1) is 6.43. The Hall–Kier alpha value is -1.63. The lowest BCUT2D eigenvalue weighted by molar-refractivity contribution is 0.582. The summed E-state index contributed by atoms with van der Waals surface area (Å²) in [6.45, 7) is 3.24. The number of anilines is 1. The number of hydrogen-bond donors (Lipinski definition) is 1. The molecule has 0 fully saturated rings. The predicted octanol–water partition coefficient (Wildman–Crippen LogP) is 2.68. The summed E-state index contributed by atoms with van der Waals surface area (Å²) in [4.78, 5) is 0. The van der Waals surface area contributed by atoms with Crippen LogP contribution in [0.1, 0.15) is 13.8 Å². The highest BCUT2D eigenvalue weighted by Crippen LogP contribution is 2.17. The van der Waals surface area contributed by atoms with Crippen molar-refractivity contribution in [1.29, 1.82) is 5.26 Å². The van der Waals surface area contributed by atoms with Gasteiger partial charge in [-0.2, -0.15) is 5.26 Å². The fourth-order valence-corrected chi connectivity index (χ4v) is 1.01. The van der Waals surface area contributed by atoms with Crippen molar-refractivity contribution in [2.75, 3.05) is 5.32 Å². The Morgan fingerprint density at radius 1 is 1.21 bits per heavy atom. The highest BCUT2D eigenvalue weighted by Gasteiger charge is 2.16. The molecule has 1 aromatic rings. The van der Waals surface area contributed by atoms with Gasteiger partial charge in [0.15, 0.2) is 0 Å². The van der Waals surface area contributed by atoms with E-state index in [1.807, 2.05) is 6.07 Å². The van der Waals surface area contributed by atoms with Gasteiger partial charge >= 0.3 is 0 Å². The summed E-state index contributed by atoms with van der Waals surface area (Å²) in [5, 5.41) is 11.4. The fourth-order valence-electron chi connectivity index (χ4n) is 1.01. The Labute approximate surface area is 81.2 Å². The van der Waals surface area contributed by atoms with E-state index in [0.29, 0.717) is 0 Å². The SMILES string of the molecule is CC(C)(C#N)Nc1cc(F)cc(F)c1. The Morgan fingerprint density at radius 2 is 1.71 bits per heavy atom. The second kappa shape index (κ2) is 3.62. The third-order valence-electron chi connectivity index (χ3n) is 1.60. The van der Waals surface area contributed by atoms with E-state index >= 15 is 0 Å². The van der Waals surface area contributed by atoms with Crippen molar-refractivity contribution in [2.45, 2.75) is 19.4 Å². The molecule has 0 saturated carbocycles. The monoisotopic (exact) mass is 196 g/mol. The van der Waals surface area contributed by atoms with E-state index in [1.165, 1.54) is 0 Å². The van der Waals surface area contributed by atoms with Crippen LogP contribution >= 0.6 is 0 Å². The van der Waals surface area contributed by atoms with E-state index in [4.69, 9.17) is 5.26 Å². The zero-order valence-corrected chi connectivity index (χ0v) is 7.94. The van der Waals surface area contributed by atoms with E-state index in [1.54, 1.807) is 13.8 Å². The van der Waals surface area contributed by atoms with Gasteiger partial charge < -0.3 is 5.32 Å². The van der Waals surface area contributed by atoms with Crippen LogP contribution in [0.2, 0.25) is 0 Å². The first-order valence-corrected chi connectivity index (χ1v) is 4.08. The lowest BCUT2D eigenvalue weighted by atomic mass is 10.1. The average molecular weight is 196 g/mol. The van der Waals surface area contributed by atoms with E-state index in [-0.39, 0.29) is 5.69 Å². The molecule has 2 nitrogen and oxygen atoms in total. The minimum Gasteiger partial charge on any atom is -0.368 e. The molecule has 14 heavy (non-hydrogen) atoms. The first kappa shape index (κ1) is 10.5. The number of benzene rings is 1. The largest absolute Gasteiger partial charge is 0.368 e. The molecule has 0 aromatic heterocycles. The molecule has 0 unspecified atom stereocenters. The van der Waals surface area contributed by atoms with Crippen LogP contribution in [-0.4, -0.2) is 5.54 Å². The molecule has 4 heteroatoms. The van der Waals surface area contributed by atoms with Crippen molar-refractivity contribution in [3.63, 3.8) is 0 Å². The predicted molar refractivity (Wildman–Crippen MR) is 49.7 cm³/mol. The normalized spacial score (nSPS) is 10.8. The van der Waals surface area contributed by atoms with E-state index in [0.717, 1.165) is 18.2 Å². The summed E-state index contributed by atoms with van der Waals surface area (Å²) in [5.41, 5.74) is -0.589. The Kier molecular flexibility index (Phi) is 2.70. The lowest BCUT2D eigenvalue weighted by Crippen LogP contribution is -2.28. The summed E-state index contributed by atoms with van der Waals surface area (Å²) in [5.74, 6) is -1.33. The zero-order chi connectivity index (χ0) is 10.8. The highest BCUT2D eigenvalue weighted by atomic mass is 19.1. The molecule has 0 heterocycles. The molecule has 0 aliphatic rings. The van der Waals surface area contributed by atoms with Crippen molar-refractivity contribution in [2.24, 2.45) is 0 Å². The van der Waals surface area contributed by atoms with Gasteiger partial charge in [0.2, 0.25) is 0 Å². The third kappa shape index (κ3) is 2.70. The van der Waals surface area contributed by atoms with Gasteiger partial charge in [-0.05, 0) is 26.0 Å². The lowest BCUT2D eigenvalue weighted by Gasteiger charge is -2.18. The molecular formula is C10H10F2N2. The molecule has 1 aromatic carbocycles. The van der Waals surface area contributed by atoms with Crippen molar-refractivity contribution in [3.8, 4) is 6.07 Å². The first-order valence-electron chi connectivity index (χ1n) is 4.08. The van der Waals surface area contributed by atoms with E-state index in [2.05, 4.69) is 5.32 Å². The van der Waals surface area contributed by atoms with Crippen LogP contribution in [-0.2, 0) is 0 Å². The quantitative estimate of drug-likeness (QED) is 0.789. The number of hydrogen-bond acceptors (Lipinski definition) is 2. The van der Waals surface area contributed by atoms with Gasteiger partial charge in [-0.25, -0.2) is 8.78 Å². The zero-order valence-electron chi connectivity index (χ0n) is 7.94. The Bertz CT molecular complexity index is 360. The van der Waals surface area contributed by atoms with Gasteiger partial charge in [0.1, 0.15) is 17.2 Å². The van der Waals surface area contributed by atoms with Crippen molar-refractivity contribution in [1.82, 2.24) is 0 Å². The van der Waals surface area contributed by atoms with Crippen LogP contribution in [0.25, 0.3) is 0 Å². The molecule has 0 spiro atoms. The van der Waals surface area contributed by atoms with Gasteiger partial charge in [-0.1, -0.05) is 0 Å². The van der Waals surface area contributed by atoms with Crippen LogP contribution in [0.3, 0.4) is 0 Å². The van der Waals surface area contributed by atoms with Gasteiger partial charge in [-0.15, -0.1) is 0 Å². The molecule has 0 radical (unpaired) electrons. The molecule has 0 atom stereocenters. The minimum atomic E-state index is -0.847. The second-order valence-corrected chi connectivity index (χ2v) is 3.52. The molecular weight excluding hydrogens is 186 g/mol. The number of rotatable bonds is 2. The molecule has 1 rings (SSSR count). The van der Waals surface area contributed by atoms with Gasteiger partial charge in [0.05, 0.1) is 6.07 Å². The molecule has 1 N–H and O–H groups in total. The summed E-state index contributed by atoms with van der Waals surface area (Å²) >= 11 is 0. The van der Waals surface area contributed by atoms with Crippen molar-refractivity contribution < 1.29 is 8.78 Å². The van der Waals surface area contributed by atoms with E-state index in [9.17, 15) is 8.78 Å². The van der Waals surface area contributed by atoms with E-state index < -0.39 is 17.2 Å². The van der Waals surface area contributed by atoms with Crippen LogP contribution in [0.4, 0.5) is 14.5 Å². The summed E-state index contributed by atoms with van der Waals surface area (Å²) in [6.07, 6.45) is 0. The van der Waals surface area contributed by atoms with Gasteiger partial charge in [0.25, 0.3) is 0 Å². The fraction of sp³-hybridized carbons (Fsp3) is 0.300. The second-order valence-electron chi connectivity index (χ2n) is 3.52. The smallest absolute Gasteiger partial charge is 0.128 e. The molecule has 0 bridgehead atoms. The summed E-state index contributed by atoms with van der Waals surface area (Å²) in [7, 11) is 0. The van der Waals surface area contributed by atoms with Gasteiger partial charge in [-0.3, -0.25) is 0 Å². The maximum Gasteiger partial charge on any atom is 0.128 e. The highest BCUT2D eigenvalue weighted by molar-refractivity contribution is 5.47. The number of nitrogens with one attached hydrogen (secondary N) is 1. The van der Waals surface area contributed by atoms with Crippen LogP contribution in [0.5, 0.6) is 0 Å². The maximum absolute atomic E-state index is 12.7. The summed E-state index contributed by atoms with van der Waals surface area (Å²) < 4.78 is 25.5. The average Bonchev–Trinajstić information content (AvgIpc) is 2.01. The Balaban J connectivity index is 2.94. The number of nitriles is 1. The van der Waals surface area contributed by atoms with Gasteiger partial charge in [0, 0.05) is 11.8 Å². The molecule has 0 aliphatic carbocycles. The Morgan fingerprint density at radius 3 is 2.14 bits per heavy atom. The third-order valence-corrected chi connectivity index (χ3v) is 1.60. The molecule has 0 amide bonds. The van der Waals surface area contributed by atoms with Crippen molar-refractivity contribution >= 4 is 5.69 Å². The van der Waals surface area contributed by atoms with Crippen LogP contribution in [0.15, 0.2) is 18.2 Å². The number of nitrogens with zero attached hydrogens (tertiary/aromatic N) is 1. The maximum atomic E-state index is 12.7. The van der Waals surface area contributed by atoms with Crippen molar-refractivity contribution in [3.05, 3.63) is 29.8 Å².